The van der Waals surface area contributed by atoms with Crippen LogP contribution in [0.5, 0.6) is 5.75 Å². The summed E-state index contributed by atoms with van der Waals surface area (Å²) in [7, 11) is -2.28. The summed E-state index contributed by atoms with van der Waals surface area (Å²) in [5.74, 6) is 0.312. The third-order valence-electron chi connectivity index (χ3n) is 5.92. The number of nitro groups is 1. The number of carbonyl (C=O) groups is 1. The van der Waals surface area contributed by atoms with Gasteiger partial charge in [0.2, 0.25) is 10.0 Å². The summed E-state index contributed by atoms with van der Waals surface area (Å²) in [4.78, 5) is 24.9. The zero-order valence-corrected chi connectivity index (χ0v) is 18.3. The molecular formula is C21H23N3O7S. The fourth-order valence-electron chi connectivity index (χ4n) is 4.17. The number of hydrogen-bond acceptors (Lipinski definition) is 7. The number of nitro benzene ring substituents is 1. The van der Waals surface area contributed by atoms with Gasteiger partial charge in [0.25, 0.3) is 11.6 Å². The summed E-state index contributed by atoms with van der Waals surface area (Å²) in [6.45, 7) is 1.14. The molecule has 0 N–H and O–H groups in total. The molecule has 11 heteroatoms. The molecule has 2 fully saturated rings. The first-order chi connectivity index (χ1) is 15.3. The summed E-state index contributed by atoms with van der Waals surface area (Å²) in [6.07, 6.45) is 0.669. The Morgan fingerprint density at radius 2 is 1.69 bits per heavy atom. The molecule has 4 rings (SSSR count). The van der Waals surface area contributed by atoms with Gasteiger partial charge in [-0.15, -0.1) is 0 Å². The quantitative estimate of drug-likeness (QED) is 0.495. The van der Waals surface area contributed by atoms with E-state index in [-0.39, 0.29) is 29.6 Å². The largest absolute Gasteiger partial charge is 0.497 e. The smallest absolute Gasteiger partial charge is 0.269 e. The minimum Gasteiger partial charge on any atom is -0.497 e. The third kappa shape index (κ3) is 3.94. The number of sulfonamides is 1. The first-order valence-electron chi connectivity index (χ1n) is 10.1. The number of likely N-dealkylation sites (tertiary alicyclic amines) is 1. The summed E-state index contributed by atoms with van der Waals surface area (Å²) < 4.78 is 39.0. The van der Waals surface area contributed by atoms with Crippen LogP contribution in [0.1, 0.15) is 23.2 Å². The number of nitrogens with zero attached hydrogens (tertiary/aromatic N) is 3. The Bertz CT molecular complexity index is 1110. The van der Waals surface area contributed by atoms with Gasteiger partial charge < -0.3 is 14.4 Å². The molecule has 2 aliphatic heterocycles. The Morgan fingerprint density at radius 3 is 2.25 bits per heavy atom. The van der Waals surface area contributed by atoms with Gasteiger partial charge in [0.1, 0.15) is 11.5 Å². The second-order valence-electron chi connectivity index (χ2n) is 7.64. The first-order valence-corrected chi connectivity index (χ1v) is 11.6. The maximum absolute atomic E-state index is 13.3. The Labute approximate surface area is 185 Å². The van der Waals surface area contributed by atoms with Crippen LogP contribution in [0.2, 0.25) is 0 Å². The van der Waals surface area contributed by atoms with Gasteiger partial charge in [0.15, 0.2) is 0 Å². The Balaban J connectivity index is 1.48. The molecule has 0 unspecified atom stereocenters. The molecule has 0 bridgehead atoms. The predicted octanol–water partition coefficient (Wildman–Crippen LogP) is 2.26. The molecule has 2 aromatic rings. The van der Waals surface area contributed by atoms with Crippen molar-refractivity contribution in [3.8, 4) is 5.75 Å². The standard InChI is InChI=1S/C21H23N3O7S/c1-30-18-6-8-19(9-7-18)32(28,29)23-14-15-31-21(23)10-12-22(13-11-21)20(25)16-2-4-17(5-3-16)24(26)27/h2-9H,10-15H2,1H3. The van der Waals surface area contributed by atoms with Crippen LogP contribution in [0.15, 0.2) is 53.4 Å². The fraction of sp³-hybridized carbons (Fsp3) is 0.381. The summed E-state index contributed by atoms with van der Waals surface area (Å²) >= 11 is 0. The van der Waals surface area contributed by atoms with Crippen molar-refractivity contribution in [3.63, 3.8) is 0 Å². The van der Waals surface area contributed by atoms with Gasteiger partial charge >= 0.3 is 0 Å². The lowest BCUT2D eigenvalue weighted by Crippen LogP contribution is -2.55. The zero-order valence-electron chi connectivity index (χ0n) is 17.5. The third-order valence-corrected chi connectivity index (χ3v) is 7.89. The number of carbonyl (C=O) groups excluding carboxylic acids is 1. The monoisotopic (exact) mass is 461 g/mol. The van der Waals surface area contributed by atoms with Gasteiger partial charge in [0.05, 0.1) is 23.5 Å². The number of rotatable bonds is 5. The number of benzene rings is 2. The van der Waals surface area contributed by atoms with E-state index < -0.39 is 20.7 Å². The SMILES string of the molecule is COc1ccc(S(=O)(=O)N2CCOC23CCN(C(=O)c2ccc([N+](=O)[O-])cc2)CC3)cc1. The molecule has 10 nitrogen and oxygen atoms in total. The normalized spacial score (nSPS) is 18.6. The average molecular weight is 461 g/mol. The molecule has 0 atom stereocenters. The van der Waals surface area contributed by atoms with Crippen LogP contribution in [-0.2, 0) is 14.8 Å². The lowest BCUT2D eigenvalue weighted by molar-refractivity contribution is -0.384. The highest BCUT2D eigenvalue weighted by atomic mass is 32.2. The van der Waals surface area contributed by atoms with Crippen molar-refractivity contribution in [1.82, 2.24) is 9.21 Å². The van der Waals surface area contributed by atoms with Gasteiger partial charge in [-0.1, -0.05) is 0 Å². The Hall–Kier alpha value is -3.02. The summed E-state index contributed by atoms with van der Waals surface area (Å²) in [5, 5.41) is 10.8. The predicted molar refractivity (Wildman–Crippen MR) is 114 cm³/mol. The molecule has 2 saturated heterocycles. The molecule has 0 aliphatic carbocycles. The van der Waals surface area contributed by atoms with Crippen molar-refractivity contribution in [1.29, 1.82) is 0 Å². The van der Waals surface area contributed by atoms with E-state index in [2.05, 4.69) is 0 Å². The zero-order chi connectivity index (χ0) is 22.9. The Kier molecular flexibility index (Phi) is 5.89. The van der Waals surface area contributed by atoms with Crippen molar-refractivity contribution < 1.29 is 27.6 Å². The maximum Gasteiger partial charge on any atom is 0.269 e. The lowest BCUT2D eigenvalue weighted by Gasteiger charge is -2.42. The molecule has 1 amide bonds. The molecule has 2 heterocycles. The maximum atomic E-state index is 13.3. The van der Waals surface area contributed by atoms with Gasteiger partial charge in [0, 0.05) is 50.2 Å². The molecule has 2 aliphatic rings. The summed E-state index contributed by atoms with van der Waals surface area (Å²) in [5.41, 5.74) is -0.732. The van der Waals surface area contributed by atoms with Crippen LogP contribution < -0.4 is 4.74 Å². The van der Waals surface area contributed by atoms with E-state index in [4.69, 9.17) is 9.47 Å². The van der Waals surface area contributed by atoms with Crippen LogP contribution in [-0.4, -0.2) is 67.5 Å². The van der Waals surface area contributed by atoms with E-state index in [1.165, 1.54) is 47.8 Å². The van der Waals surface area contributed by atoms with Crippen molar-refractivity contribution in [3.05, 3.63) is 64.2 Å². The van der Waals surface area contributed by atoms with E-state index in [9.17, 15) is 23.3 Å². The molecule has 0 aromatic heterocycles. The molecule has 32 heavy (non-hydrogen) atoms. The highest BCUT2D eigenvalue weighted by molar-refractivity contribution is 7.89. The molecule has 170 valence electrons. The highest BCUT2D eigenvalue weighted by Gasteiger charge is 2.51. The van der Waals surface area contributed by atoms with Crippen molar-refractivity contribution in [2.45, 2.75) is 23.5 Å². The summed E-state index contributed by atoms with van der Waals surface area (Å²) in [6, 6.07) is 11.7. The number of amides is 1. The van der Waals surface area contributed by atoms with Crippen molar-refractivity contribution >= 4 is 21.6 Å². The van der Waals surface area contributed by atoms with Gasteiger partial charge in [-0.25, -0.2) is 8.42 Å². The molecule has 0 radical (unpaired) electrons. The highest BCUT2D eigenvalue weighted by Crippen LogP contribution is 2.38. The van der Waals surface area contributed by atoms with Crippen molar-refractivity contribution in [2.75, 3.05) is 33.4 Å². The number of methoxy groups -OCH3 is 1. The van der Waals surface area contributed by atoms with Crippen LogP contribution >= 0.6 is 0 Å². The Morgan fingerprint density at radius 1 is 1.06 bits per heavy atom. The minimum absolute atomic E-state index is 0.0853. The average Bonchev–Trinajstić information content (AvgIpc) is 3.23. The van der Waals surface area contributed by atoms with Gasteiger partial charge in [-0.05, 0) is 36.4 Å². The van der Waals surface area contributed by atoms with E-state index in [1.54, 1.807) is 17.0 Å². The van der Waals surface area contributed by atoms with Gasteiger partial charge in [-0.2, -0.15) is 4.31 Å². The minimum atomic E-state index is -3.79. The van der Waals surface area contributed by atoms with Crippen LogP contribution in [0.3, 0.4) is 0 Å². The lowest BCUT2D eigenvalue weighted by atomic mass is 10.00. The number of hydrogen-bond donors (Lipinski definition) is 0. The van der Waals surface area contributed by atoms with Crippen LogP contribution in [0.4, 0.5) is 5.69 Å². The van der Waals surface area contributed by atoms with Crippen LogP contribution in [0.25, 0.3) is 0 Å². The first kappa shape index (κ1) is 22.2. The fourth-order valence-corrected chi connectivity index (χ4v) is 5.89. The van der Waals surface area contributed by atoms with E-state index >= 15 is 0 Å². The number of non-ortho nitro benzene ring substituents is 1. The number of ether oxygens (including phenoxy) is 2. The number of piperidine rings is 1. The van der Waals surface area contributed by atoms with E-state index in [1.807, 2.05) is 0 Å². The van der Waals surface area contributed by atoms with Crippen LogP contribution in [0, 0.1) is 10.1 Å². The second-order valence-corrected chi connectivity index (χ2v) is 9.51. The van der Waals surface area contributed by atoms with Crippen molar-refractivity contribution in [2.24, 2.45) is 0 Å². The van der Waals surface area contributed by atoms with E-state index in [0.717, 1.165) is 0 Å². The van der Waals surface area contributed by atoms with E-state index in [0.29, 0.717) is 37.2 Å². The topological polar surface area (TPSA) is 119 Å². The molecule has 0 saturated carbocycles. The molecule has 1 spiro atoms. The van der Waals surface area contributed by atoms with Gasteiger partial charge in [-0.3, -0.25) is 14.9 Å². The molecule has 2 aromatic carbocycles. The molecular weight excluding hydrogens is 438 g/mol. The second kappa shape index (κ2) is 8.49.